The van der Waals surface area contributed by atoms with Gasteiger partial charge in [0.05, 0.1) is 25.9 Å². The fraction of sp³-hybridized carbons (Fsp3) is 0.588. The van der Waals surface area contributed by atoms with Crippen LogP contribution in [0.1, 0.15) is 43.9 Å². The van der Waals surface area contributed by atoms with Gasteiger partial charge >= 0.3 is 5.97 Å². The molecule has 0 radical (unpaired) electrons. The van der Waals surface area contributed by atoms with E-state index >= 15 is 0 Å². The molecule has 2 rings (SSSR count). The number of epoxide rings is 1. The van der Waals surface area contributed by atoms with Gasteiger partial charge in [-0.3, -0.25) is 4.79 Å². The van der Waals surface area contributed by atoms with Crippen LogP contribution in [0.25, 0.3) is 0 Å². The van der Waals surface area contributed by atoms with Gasteiger partial charge in [-0.1, -0.05) is 30.7 Å². The largest absolute Gasteiger partial charge is 0.466 e. The minimum absolute atomic E-state index is 0.0277. The molecule has 1 fully saturated rings. The highest BCUT2D eigenvalue weighted by molar-refractivity contribution is 6.31. The van der Waals surface area contributed by atoms with E-state index in [9.17, 15) is 4.79 Å². The summed E-state index contributed by atoms with van der Waals surface area (Å²) in [6.07, 6.45) is 1.94. The number of carbonyl (C=O) groups excluding carboxylic acids is 1. The fourth-order valence-electron chi connectivity index (χ4n) is 2.42. The molecule has 0 bridgehead atoms. The number of ether oxygens (including phenoxy) is 3. The van der Waals surface area contributed by atoms with Crippen LogP contribution in [0.3, 0.4) is 0 Å². The van der Waals surface area contributed by atoms with Gasteiger partial charge in [0.25, 0.3) is 0 Å². The Morgan fingerprint density at radius 3 is 2.86 bits per heavy atom. The number of carbonyl (C=O) groups is 1. The van der Waals surface area contributed by atoms with Gasteiger partial charge < -0.3 is 14.2 Å². The summed E-state index contributed by atoms with van der Waals surface area (Å²) in [5.74, 6) is -0.200. The molecule has 4 nitrogen and oxygen atoms in total. The van der Waals surface area contributed by atoms with Crippen LogP contribution in [0.2, 0.25) is 5.02 Å². The van der Waals surface area contributed by atoms with Crippen molar-refractivity contribution in [3.05, 3.63) is 34.3 Å². The number of hydrogen-bond acceptors (Lipinski definition) is 4. The van der Waals surface area contributed by atoms with Gasteiger partial charge in [-0.15, -0.1) is 0 Å². The Morgan fingerprint density at radius 1 is 1.45 bits per heavy atom. The highest BCUT2D eigenvalue weighted by atomic mass is 35.5. The fourth-order valence-corrected chi connectivity index (χ4v) is 2.69. The molecule has 2 atom stereocenters. The highest BCUT2D eigenvalue weighted by Gasteiger charge is 2.25. The van der Waals surface area contributed by atoms with E-state index < -0.39 is 0 Å². The van der Waals surface area contributed by atoms with Crippen LogP contribution in [-0.2, 0) is 25.4 Å². The maximum atomic E-state index is 11.6. The smallest absolute Gasteiger partial charge is 0.306 e. The van der Waals surface area contributed by atoms with Crippen molar-refractivity contribution in [2.24, 2.45) is 0 Å². The zero-order valence-corrected chi connectivity index (χ0v) is 13.9. The molecule has 5 heteroatoms. The second kappa shape index (κ2) is 8.51. The van der Waals surface area contributed by atoms with E-state index in [1.165, 1.54) is 0 Å². The molecular weight excluding hydrogens is 304 g/mol. The van der Waals surface area contributed by atoms with E-state index in [4.69, 9.17) is 25.8 Å². The number of hydrogen-bond donors (Lipinski definition) is 0. The van der Waals surface area contributed by atoms with Gasteiger partial charge in [0.2, 0.25) is 0 Å². The lowest BCUT2D eigenvalue weighted by Gasteiger charge is -2.20. The minimum Gasteiger partial charge on any atom is -0.466 e. The predicted molar refractivity (Wildman–Crippen MR) is 85.1 cm³/mol. The van der Waals surface area contributed by atoms with Gasteiger partial charge in [0.15, 0.2) is 0 Å². The Bertz CT molecular complexity index is 499. The summed E-state index contributed by atoms with van der Waals surface area (Å²) < 4.78 is 16.1. The van der Waals surface area contributed by atoms with Crippen molar-refractivity contribution in [1.82, 2.24) is 0 Å². The Kier molecular flexibility index (Phi) is 6.68. The van der Waals surface area contributed by atoms with Crippen LogP contribution in [0.15, 0.2) is 18.2 Å². The summed E-state index contributed by atoms with van der Waals surface area (Å²) in [5, 5.41) is 0.673. The molecule has 122 valence electrons. The second-order valence-corrected chi connectivity index (χ2v) is 5.71. The third-order valence-electron chi connectivity index (χ3n) is 3.64. The molecule has 0 unspecified atom stereocenters. The topological polar surface area (TPSA) is 48.1 Å². The molecule has 0 aromatic heterocycles. The van der Waals surface area contributed by atoms with Crippen molar-refractivity contribution in [3.8, 4) is 0 Å². The van der Waals surface area contributed by atoms with Crippen LogP contribution in [0.4, 0.5) is 0 Å². The molecule has 1 heterocycles. The SMILES string of the molecule is CCOC(=O)CCc1c(Cl)cccc1[C@@H](CC)OC[C@H]1CO1. The summed E-state index contributed by atoms with van der Waals surface area (Å²) in [6.45, 7) is 5.66. The maximum absolute atomic E-state index is 11.6. The first-order valence-corrected chi connectivity index (χ1v) is 8.19. The van der Waals surface area contributed by atoms with Crippen molar-refractivity contribution >= 4 is 17.6 Å². The number of esters is 1. The van der Waals surface area contributed by atoms with E-state index in [-0.39, 0.29) is 18.2 Å². The summed E-state index contributed by atoms with van der Waals surface area (Å²) in [4.78, 5) is 11.6. The van der Waals surface area contributed by atoms with Crippen LogP contribution < -0.4 is 0 Å². The van der Waals surface area contributed by atoms with Gasteiger partial charge in [-0.25, -0.2) is 0 Å². The van der Waals surface area contributed by atoms with Crippen LogP contribution in [0.5, 0.6) is 0 Å². The first kappa shape index (κ1) is 17.3. The molecular formula is C17H23ClO4. The standard InChI is InChI=1S/C17H23ClO4/c1-3-16(22-11-12-10-21-12)14-6-5-7-15(18)13(14)8-9-17(19)20-4-2/h5-7,12,16H,3-4,8-11H2,1-2H3/t12-,16-/m1/s1. The Hall–Kier alpha value is -1.10. The molecule has 1 aromatic rings. The molecule has 0 aliphatic carbocycles. The molecule has 1 aliphatic rings. The molecule has 1 aliphatic heterocycles. The number of benzene rings is 1. The van der Waals surface area contributed by atoms with Crippen molar-refractivity contribution in [2.45, 2.75) is 45.3 Å². The molecule has 0 spiro atoms. The predicted octanol–water partition coefficient (Wildman–Crippen LogP) is 3.70. The molecule has 1 aromatic carbocycles. The van der Waals surface area contributed by atoms with Crippen LogP contribution in [0, 0.1) is 0 Å². The maximum Gasteiger partial charge on any atom is 0.306 e. The first-order chi connectivity index (χ1) is 10.7. The van der Waals surface area contributed by atoms with Gasteiger partial charge in [0.1, 0.15) is 6.10 Å². The zero-order valence-electron chi connectivity index (χ0n) is 13.1. The monoisotopic (exact) mass is 326 g/mol. The van der Waals surface area contributed by atoms with Crippen molar-refractivity contribution in [3.63, 3.8) is 0 Å². The molecule has 0 saturated carbocycles. The average Bonchev–Trinajstić information content (AvgIpc) is 3.31. The second-order valence-electron chi connectivity index (χ2n) is 5.30. The third kappa shape index (κ3) is 4.97. The van der Waals surface area contributed by atoms with E-state index in [0.717, 1.165) is 24.2 Å². The average molecular weight is 327 g/mol. The summed E-state index contributed by atoms with van der Waals surface area (Å²) in [7, 11) is 0. The third-order valence-corrected chi connectivity index (χ3v) is 4.00. The van der Waals surface area contributed by atoms with Crippen LogP contribution >= 0.6 is 11.6 Å². The van der Waals surface area contributed by atoms with E-state index in [0.29, 0.717) is 31.1 Å². The molecule has 0 amide bonds. The van der Waals surface area contributed by atoms with Crippen LogP contribution in [-0.4, -0.2) is 31.9 Å². The van der Waals surface area contributed by atoms with E-state index in [1.54, 1.807) is 6.92 Å². The number of halogens is 1. The molecule has 1 saturated heterocycles. The van der Waals surface area contributed by atoms with Gasteiger partial charge in [0, 0.05) is 11.4 Å². The van der Waals surface area contributed by atoms with E-state index in [2.05, 4.69) is 6.92 Å². The zero-order chi connectivity index (χ0) is 15.9. The summed E-state index contributed by atoms with van der Waals surface area (Å²) in [6, 6.07) is 5.79. The quantitative estimate of drug-likeness (QED) is 0.513. The highest BCUT2D eigenvalue weighted by Crippen LogP contribution is 2.31. The van der Waals surface area contributed by atoms with Gasteiger partial charge in [-0.2, -0.15) is 0 Å². The number of rotatable bonds is 9. The Balaban J connectivity index is 2.07. The Labute approximate surface area is 136 Å². The lowest BCUT2D eigenvalue weighted by atomic mass is 9.97. The molecule has 22 heavy (non-hydrogen) atoms. The minimum atomic E-state index is -0.200. The van der Waals surface area contributed by atoms with E-state index in [1.807, 2.05) is 18.2 Å². The normalized spacial score (nSPS) is 18.0. The summed E-state index contributed by atoms with van der Waals surface area (Å²) >= 11 is 6.33. The van der Waals surface area contributed by atoms with Crippen molar-refractivity contribution < 1.29 is 19.0 Å². The summed E-state index contributed by atoms with van der Waals surface area (Å²) in [5.41, 5.74) is 2.03. The lowest BCUT2D eigenvalue weighted by molar-refractivity contribution is -0.143. The van der Waals surface area contributed by atoms with Crippen molar-refractivity contribution in [1.29, 1.82) is 0 Å². The Morgan fingerprint density at radius 2 is 2.23 bits per heavy atom. The van der Waals surface area contributed by atoms with Gasteiger partial charge in [-0.05, 0) is 37.0 Å². The molecule has 0 N–H and O–H groups in total. The van der Waals surface area contributed by atoms with Crippen molar-refractivity contribution in [2.75, 3.05) is 19.8 Å². The lowest BCUT2D eigenvalue weighted by Crippen LogP contribution is -2.12. The first-order valence-electron chi connectivity index (χ1n) is 7.81.